The molecule has 2 amide bonds. The maximum Gasteiger partial charge on any atom is 0.236 e. The molecule has 0 spiro atoms. The second kappa shape index (κ2) is 13.4. The summed E-state index contributed by atoms with van der Waals surface area (Å²) in [7, 11) is 0. The fourth-order valence-corrected chi connectivity index (χ4v) is 4.41. The van der Waals surface area contributed by atoms with E-state index in [1.165, 1.54) is 17.7 Å². The molecule has 0 bridgehead atoms. The van der Waals surface area contributed by atoms with E-state index in [4.69, 9.17) is 0 Å². The minimum absolute atomic E-state index is 0.00125. The van der Waals surface area contributed by atoms with E-state index in [1.54, 1.807) is 9.80 Å². The highest BCUT2D eigenvalue weighted by atomic mass is 19.1. The lowest BCUT2D eigenvalue weighted by Crippen LogP contribution is -2.55. The van der Waals surface area contributed by atoms with Crippen LogP contribution in [0.15, 0.2) is 42.5 Å². The molecule has 1 aliphatic heterocycles. The Kier molecular flexibility index (Phi) is 10.3. The molecule has 0 saturated carbocycles. The summed E-state index contributed by atoms with van der Waals surface area (Å²) in [6, 6.07) is 10.5. The Labute approximate surface area is 211 Å². The van der Waals surface area contributed by atoms with Crippen LogP contribution in [0.1, 0.15) is 30.5 Å². The summed E-state index contributed by atoms with van der Waals surface area (Å²) in [5.74, 6) is -1.82. The SMILES string of the molecule is CCc1cccc(CNC[C@@H](O)[C@H](Cc2cc(F)cc(F)c2)NC(=O)CN2CCN(CC)C(=O)C2)c1. The Bertz CT molecular complexity index is 1020. The van der Waals surface area contributed by atoms with E-state index in [1.807, 2.05) is 19.1 Å². The van der Waals surface area contributed by atoms with E-state index in [0.29, 0.717) is 31.7 Å². The van der Waals surface area contributed by atoms with E-state index < -0.39 is 23.8 Å². The molecule has 1 heterocycles. The summed E-state index contributed by atoms with van der Waals surface area (Å²) < 4.78 is 27.5. The molecule has 3 rings (SSSR count). The number of benzene rings is 2. The summed E-state index contributed by atoms with van der Waals surface area (Å²) in [4.78, 5) is 28.5. The van der Waals surface area contributed by atoms with Gasteiger partial charge in [0.25, 0.3) is 0 Å². The van der Waals surface area contributed by atoms with Crippen LogP contribution >= 0.6 is 0 Å². The highest BCUT2D eigenvalue weighted by molar-refractivity contribution is 5.82. The van der Waals surface area contributed by atoms with Crippen molar-refractivity contribution < 1.29 is 23.5 Å². The van der Waals surface area contributed by atoms with Crippen molar-refractivity contribution in [1.29, 1.82) is 0 Å². The van der Waals surface area contributed by atoms with Crippen LogP contribution in [0.4, 0.5) is 8.78 Å². The molecule has 2 atom stereocenters. The van der Waals surface area contributed by atoms with Gasteiger partial charge in [-0.3, -0.25) is 14.5 Å². The van der Waals surface area contributed by atoms with Crippen molar-refractivity contribution >= 4 is 11.8 Å². The first-order valence-corrected chi connectivity index (χ1v) is 12.5. The molecule has 2 aromatic carbocycles. The summed E-state index contributed by atoms with van der Waals surface area (Å²) in [6.07, 6.45) is -0.0291. The quantitative estimate of drug-likeness (QED) is 0.413. The zero-order chi connectivity index (χ0) is 26.1. The fraction of sp³-hybridized carbons (Fsp3) is 0.481. The zero-order valence-electron chi connectivity index (χ0n) is 21.0. The molecule has 0 aromatic heterocycles. The second-order valence-corrected chi connectivity index (χ2v) is 9.21. The van der Waals surface area contributed by atoms with Crippen LogP contribution in [0.3, 0.4) is 0 Å². The summed E-state index contributed by atoms with van der Waals surface area (Å²) in [5, 5.41) is 16.9. The molecule has 0 unspecified atom stereocenters. The number of halogens is 2. The monoisotopic (exact) mass is 502 g/mol. The van der Waals surface area contributed by atoms with Gasteiger partial charge in [-0.2, -0.15) is 0 Å². The molecule has 0 radical (unpaired) electrons. The van der Waals surface area contributed by atoms with Gasteiger partial charge in [-0.1, -0.05) is 31.2 Å². The number of hydrogen-bond acceptors (Lipinski definition) is 5. The summed E-state index contributed by atoms with van der Waals surface area (Å²) in [6.45, 7) is 6.62. The first-order chi connectivity index (χ1) is 17.3. The zero-order valence-corrected chi connectivity index (χ0v) is 21.0. The number of amides is 2. The van der Waals surface area contributed by atoms with E-state index >= 15 is 0 Å². The number of hydrogen-bond donors (Lipinski definition) is 3. The number of likely N-dealkylation sites (N-methyl/N-ethyl adjacent to an activating group) is 1. The Morgan fingerprint density at radius 3 is 2.44 bits per heavy atom. The molecular formula is C27H36F2N4O3. The molecule has 2 aromatic rings. The van der Waals surface area contributed by atoms with Crippen molar-refractivity contribution in [2.24, 2.45) is 0 Å². The van der Waals surface area contributed by atoms with E-state index in [2.05, 4.69) is 29.7 Å². The van der Waals surface area contributed by atoms with Crippen LogP contribution in [0, 0.1) is 11.6 Å². The van der Waals surface area contributed by atoms with Crippen molar-refractivity contribution in [3.8, 4) is 0 Å². The number of aliphatic hydroxyl groups excluding tert-OH is 1. The van der Waals surface area contributed by atoms with Crippen LogP contribution in [0.2, 0.25) is 0 Å². The predicted octanol–water partition coefficient (Wildman–Crippen LogP) is 1.87. The number of rotatable bonds is 12. The molecule has 1 saturated heterocycles. The van der Waals surface area contributed by atoms with Gasteiger partial charge in [0.15, 0.2) is 0 Å². The number of carbonyl (C=O) groups is 2. The van der Waals surface area contributed by atoms with Crippen LogP contribution in [0.5, 0.6) is 0 Å². The van der Waals surface area contributed by atoms with Crippen molar-refractivity contribution in [2.75, 3.05) is 39.3 Å². The second-order valence-electron chi connectivity index (χ2n) is 9.21. The standard InChI is InChI=1S/C27H36F2N4O3/c1-3-19-6-5-7-20(10-19)15-30-16-25(34)24(13-21-11-22(28)14-23(29)12-21)31-26(35)17-32-8-9-33(4-2)27(36)18-32/h5-7,10-12,14,24-25,30,34H,3-4,8-9,13,15-18H2,1-2H3,(H,31,35)/t24-,25+/m0/s1. The van der Waals surface area contributed by atoms with Gasteiger partial charge >= 0.3 is 0 Å². The Hall–Kier alpha value is -2.88. The Balaban J connectivity index is 1.62. The summed E-state index contributed by atoms with van der Waals surface area (Å²) in [5.41, 5.74) is 2.62. The van der Waals surface area contributed by atoms with Crippen LogP contribution in [-0.4, -0.2) is 78.1 Å². The molecular weight excluding hydrogens is 466 g/mol. The molecule has 1 fully saturated rings. The van der Waals surface area contributed by atoms with Crippen molar-refractivity contribution in [1.82, 2.24) is 20.4 Å². The molecule has 0 aliphatic carbocycles. The van der Waals surface area contributed by atoms with E-state index in [9.17, 15) is 23.5 Å². The lowest BCUT2D eigenvalue weighted by molar-refractivity contribution is -0.137. The molecule has 196 valence electrons. The number of nitrogens with zero attached hydrogens (tertiary/aromatic N) is 2. The first kappa shape index (κ1) is 27.7. The predicted molar refractivity (Wildman–Crippen MR) is 134 cm³/mol. The van der Waals surface area contributed by atoms with Crippen LogP contribution in [-0.2, 0) is 29.0 Å². The number of aliphatic hydroxyl groups is 1. The third kappa shape index (κ3) is 8.36. The average molecular weight is 503 g/mol. The Morgan fingerprint density at radius 1 is 1.06 bits per heavy atom. The van der Waals surface area contributed by atoms with Gasteiger partial charge in [-0.05, 0) is 48.6 Å². The molecule has 3 N–H and O–H groups in total. The van der Waals surface area contributed by atoms with Crippen molar-refractivity contribution in [3.63, 3.8) is 0 Å². The van der Waals surface area contributed by atoms with Gasteiger partial charge < -0.3 is 20.6 Å². The number of carbonyl (C=O) groups excluding carboxylic acids is 2. The average Bonchev–Trinajstić information content (AvgIpc) is 2.83. The van der Waals surface area contributed by atoms with E-state index in [-0.39, 0.29) is 37.9 Å². The largest absolute Gasteiger partial charge is 0.390 e. The number of piperazine rings is 1. The smallest absolute Gasteiger partial charge is 0.236 e. The molecule has 9 heteroatoms. The van der Waals surface area contributed by atoms with Gasteiger partial charge in [0.1, 0.15) is 11.6 Å². The number of aryl methyl sites for hydroxylation is 1. The third-order valence-electron chi connectivity index (χ3n) is 6.42. The van der Waals surface area contributed by atoms with Crippen LogP contribution < -0.4 is 10.6 Å². The highest BCUT2D eigenvalue weighted by Gasteiger charge is 2.27. The number of nitrogens with one attached hydrogen (secondary N) is 2. The minimum Gasteiger partial charge on any atom is -0.390 e. The molecule has 1 aliphatic rings. The van der Waals surface area contributed by atoms with Gasteiger partial charge in [0.05, 0.1) is 25.2 Å². The third-order valence-corrected chi connectivity index (χ3v) is 6.42. The lowest BCUT2D eigenvalue weighted by Gasteiger charge is -2.33. The van der Waals surface area contributed by atoms with Crippen molar-refractivity contribution in [2.45, 2.75) is 45.4 Å². The first-order valence-electron chi connectivity index (χ1n) is 12.5. The fourth-order valence-electron chi connectivity index (χ4n) is 4.41. The van der Waals surface area contributed by atoms with E-state index in [0.717, 1.165) is 18.1 Å². The van der Waals surface area contributed by atoms with Gasteiger partial charge in [-0.15, -0.1) is 0 Å². The molecule has 7 nitrogen and oxygen atoms in total. The molecule has 36 heavy (non-hydrogen) atoms. The topological polar surface area (TPSA) is 84.9 Å². The highest BCUT2D eigenvalue weighted by Crippen LogP contribution is 2.13. The maximum atomic E-state index is 13.8. The Morgan fingerprint density at radius 2 is 1.78 bits per heavy atom. The van der Waals surface area contributed by atoms with Crippen LogP contribution in [0.25, 0.3) is 0 Å². The van der Waals surface area contributed by atoms with Gasteiger partial charge in [-0.25, -0.2) is 8.78 Å². The summed E-state index contributed by atoms with van der Waals surface area (Å²) >= 11 is 0. The maximum absolute atomic E-state index is 13.8. The normalized spacial score (nSPS) is 16.1. The lowest BCUT2D eigenvalue weighted by atomic mass is 10.0. The minimum atomic E-state index is -1.01. The van der Waals surface area contributed by atoms with Crippen molar-refractivity contribution in [3.05, 3.63) is 70.8 Å². The van der Waals surface area contributed by atoms with Gasteiger partial charge in [0.2, 0.25) is 11.8 Å². The van der Waals surface area contributed by atoms with Gasteiger partial charge in [0, 0.05) is 38.8 Å².